The zero-order valence-corrected chi connectivity index (χ0v) is 12.3. The van der Waals surface area contributed by atoms with E-state index in [1.165, 1.54) is 19.2 Å². The lowest BCUT2D eigenvalue weighted by Crippen LogP contribution is -1.98. The van der Waals surface area contributed by atoms with Crippen LogP contribution in [0.1, 0.15) is 0 Å². The Morgan fingerprint density at radius 3 is 1.82 bits per heavy atom. The Morgan fingerprint density at radius 1 is 0.909 bits per heavy atom. The third-order valence-corrected chi connectivity index (χ3v) is 2.75. The number of rotatable bonds is 3. The first-order valence-corrected chi connectivity index (χ1v) is 6.17. The number of hydrogen-bond donors (Lipinski definition) is 3. The smallest absolute Gasteiger partial charge is 0.333 e. The summed E-state index contributed by atoms with van der Waals surface area (Å²) in [7, 11) is 2.92. The van der Waals surface area contributed by atoms with Crippen LogP contribution in [0.4, 0.5) is 22.7 Å². The highest BCUT2D eigenvalue weighted by molar-refractivity contribution is 5.70. The third kappa shape index (κ3) is 3.92. The molecule has 2 rings (SSSR count). The van der Waals surface area contributed by atoms with Crippen LogP contribution in [0.15, 0.2) is 36.4 Å². The fraction of sp³-hybridized carbons (Fsp3) is 0.143. The highest BCUT2D eigenvalue weighted by atomic mass is 16.6. The molecule has 8 nitrogen and oxygen atoms in total. The summed E-state index contributed by atoms with van der Waals surface area (Å²) in [6.45, 7) is 0. The van der Waals surface area contributed by atoms with Crippen LogP contribution in [0, 0.1) is 10.1 Å². The van der Waals surface area contributed by atoms with E-state index in [1.54, 1.807) is 31.4 Å². The zero-order valence-electron chi connectivity index (χ0n) is 12.3. The molecule has 0 aliphatic heterocycles. The average Bonchev–Trinajstić information content (AvgIpc) is 2.50. The molecule has 6 N–H and O–H groups in total. The molecular weight excluding hydrogens is 288 g/mol. The summed E-state index contributed by atoms with van der Waals surface area (Å²) in [6.07, 6.45) is 0. The Hall–Kier alpha value is -3.16. The molecule has 0 saturated heterocycles. The predicted molar refractivity (Wildman–Crippen MR) is 85.9 cm³/mol. The summed E-state index contributed by atoms with van der Waals surface area (Å²) < 4.78 is 9.69. The molecule has 0 bridgehead atoms. The monoisotopic (exact) mass is 306 g/mol. The lowest BCUT2D eigenvalue weighted by atomic mass is 10.2. The van der Waals surface area contributed by atoms with E-state index in [9.17, 15) is 10.1 Å². The summed E-state index contributed by atoms with van der Waals surface area (Å²) >= 11 is 0. The maximum atomic E-state index is 10.4. The second-order valence-corrected chi connectivity index (χ2v) is 4.12. The van der Waals surface area contributed by atoms with Crippen LogP contribution in [-0.4, -0.2) is 19.1 Å². The van der Waals surface area contributed by atoms with Crippen molar-refractivity contribution < 1.29 is 14.4 Å². The van der Waals surface area contributed by atoms with Crippen LogP contribution < -0.4 is 26.7 Å². The number of nitrogens with zero attached hydrogens (tertiary/aromatic N) is 1. The minimum Gasteiger partial charge on any atom is -0.495 e. The summed E-state index contributed by atoms with van der Waals surface area (Å²) in [5.41, 5.74) is 17.4. The Balaban J connectivity index is 0.000000224. The van der Waals surface area contributed by atoms with Crippen molar-refractivity contribution in [3.05, 3.63) is 46.5 Å². The molecule has 0 aliphatic carbocycles. The third-order valence-electron chi connectivity index (χ3n) is 2.75. The molecule has 2 aromatic rings. The van der Waals surface area contributed by atoms with E-state index >= 15 is 0 Å². The zero-order chi connectivity index (χ0) is 16.7. The molecular formula is C14H18N4O4. The predicted octanol–water partition coefficient (Wildman–Crippen LogP) is 2.05. The second kappa shape index (κ2) is 7.58. The van der Waals surface area contributed by atoms with Gasteiger partial charge in [0.1, 0.15) is 11.4 Å². The number of nitro benzene ring substituents is 1. The maximum Gasteiger partial charge on any atom is 0.333 e. The van der Waals surface area contributed by atoms with Crippen molar-refractivity contribution in [3.8, 4) is 11.5 Å². The minimum atomic E-state index is -0.561. The molecule has 0 aliphatic rings. The lowest BCUT2D eigenvalue weighted by molar-refractivity contribution is -0.384. The molecule has 0 atom stereocenters. The van der Waals surface area contributed by atoms with Crippen LogP contribution >= 0.6 is 0 Å². The maximum absolute atomic E-state index is 10.4. The van der Waals surface area contributed by atoms with Crippen LogP contribution in [-0.2, 0) is 0 Å². The van der Waals surface area contributed by atoms with Gasteiger partial charge in [-0.25, -0.2) is 0 Å². The second-order valence-electron chi connectivity index (χ2n) is 4.12. The van der Waals surface area contributed by atoms with Gasteiger partial charge in [0.25, 0.3) is 0 Å². The number of benzene rings is 2. The molecule has 0 saturated carbocycles. The number of methoxy groups -OCH3 is 2. The molecule has 0 unspecified atom stereocenters. The number of nitrogen functional groups attached to an aromatic ring is 3. The molecule has 0 fully saturated rings. The molecule has 8 heteroatoms. The summed E-state index contributed by atoms with van der Waals surface area (Å²) in [4.78, 5) is 9.89. The normalized spacial score (nSPS) is 9.36. The van der Waals surface area contributed by atoms with Crippen molar-refractivity contribution in [2.75, 3.05) is 31.4 Å². The van der Waals surface area contributed by atoms with Gasteiger partial charge >= 0.3 is 5.69 Å². The Kier molecular flexibility index (Phi) is 5.82. The SMILES string of the molecule is COc1cccc(N)c1N.COc1cccc(N)c1[N+](=O)[O-]. The first-order valence-electron chi connectivity index (χ1n) is 6.17. The van der Waals surface area contributed by atoms with Crippen LogP contribution in [0.5, 0.6) is 11.5 Å². The van der Waals surface area contributed by atoms with Crippen molar-refractivity contribution in [3.63, 3.8) is 0 Å². The average molecular weight is 306 g/mol. The first-order chi connectivity index (χ1) is 10.4. The Bertz CT molecular complexity index is 661. The fourth-order valence-electron chi connectivity index (χ4n) is 1.64. The highest BCUT2D eigenvalue weighted by Gasteiger charge is 2.17. The fourth-order valence-corrected chi connectivity index (χ4v) is 1.64. The van der Waals surface area contributed by atoms with Gasteiger partial charge in [0.05, 0.1) is 30.5 Å². The van der Waals surface area contributed by atoms with E-state index < -0.39 is 4.92 Å². The lowest BCUT2D eigenvalue weighted by Gasteiger charge is -2.04. The van der Waals surface area contributed by atoms with Crippen molar-refractivity contribution in [1.29, 1.82) is 0 Å². The van der Waals surface area contributed by atoms with Crippen LogP contribution in [0.2, 0.25) is 0 Å². The molecule has 0 aromatic heterocycles. The van der Waals surface area contributed by atoms with Gasteiger partial charge in [-0.15, -0.1) is 0 Å². The van der Waals surface area contributed by atoms with E-state index in [0.717, 1.165) is 0 Å². The number of ether oxygens (including phenoxy) is 2. The molecule has 2 aromatic carbocycles. The molecule has 0 heterocycles. The van der Waals surface area contributed by atoms with E-state index in [0.29, 0.717) is 17.1 Å². The van der Waals surface area contributed by atoms with Gasteiger partial charge in [-0.1, -0.05) is 12.1 Å². The molecule has 22 heavy (non-hydrogen) atoms. The summed E-state index contributed by atoms with van der Waals surface area (Å²) in [5.74, 6) is 0.806. The minimum absolute atomic E-state index is 0.111. The van der Waals surface area contributed by atoms with Gasteiger partial charge < -0.3 is 26.7 Å². The van der Waals surface area contributed by atoms with Crippen molar-refractivity contribution in [2.45, 2.75) is 0 Å². The van der Waals surface area contributed by atoms with Crippen molar-refractivity contribution >= 4 is 22.7 Å². The van der Waals surface area contributed by atoms with Gasteiger partial charge in [0.15, 0.2) is 5.75 Å². The van der Waals surface area contributed by atoms with Gasteiger partial charge in [-0.05, 0) is 24.3 Å². The van der Waals surface area contributed by atoms with E-state index in [4.69, 9.17) is 26.7 Å². The highest BCUT2D eigenvalue weighted by Crippen LogP contribution is 2.31. The number of nitrogens with two attached hydrogens (primary N) is 3. The molecule has 0 spiro atoms. The molecule has 118 valence electrons. The molecule has 0 radical (unpaired) electrons. The Morgan fingerprint density at radius 2 is 1.41 bits per heavy atom. The van der Waals surface area contributed by atoms with Crippen LogP contribution in [0.25, 0.3) is 0 Å². The van der Waals surface area contributed by atoms with Crippen molar-refractivity contribution in [2.24, 2.45) is 0 Å². The van der Waals surface area contributed by atoms with Gasteiger partial charge in [0, 0.05) is 0 Å². The summed E-state index contributed by atoms with van der Waals surface area (Å²) in [5, 5.41) is 10.4. The summed E-state index contributed by atoms with van der Waals surface area (Å²) in [6, 6.07) is 9.85. The van der Waals surface area contributed by atoms with E-state index in [-0.39, 0.29) is 17.1 Å². The van der Waals surface area contributed by atoms with Crippen molar-refractivity contribution in [1.82, 2.24) is 0 Å². The molecule has 0 amide bonds. The van der Waals surface area contributed by atoms with Crippen LogP contribution in [0.3, 0.4) is 0 Å². The van der Waals surface area contributed by atoms with E-state index in [1.807, 2.05) is 0 Å². The Labute approximate surface area is 127 Å². The first kappa shape index (κ1) is 16.9. The number of hydrogen-bond acceptors (Lipinski definition) is 7. The van der Waals surface area contributed by atoms with Gasteiger partial charge in [-0.3, -0.25) is 10.1 Å². The van der Waals surface area contributed by atoms with Gasteiger partial charge in [0.2, 0.25) is 0 Å². The number of anilines is 3. The topological polar surface area (TPSA) is 140 Å². The van der Waals surface area contributed by atoms with Gasteiger partial charge in [-0.2, -0.15) is 0 Å². The number of nitro groups is 1. The largest absolute Gasteiger partial charge is 0.495 e. The quantitative estimate of drug-likeness (QED) is 0.447. The number of para-hydroxylation sites is 2. The van der Waals surface area contributed by atoms with E-state index in [2.05, 4.69) is 0 Å². The standard InChI is InChI=1S/C7H8N2O3.C7H10N2O/c1-12-6-4-2-3-5(8)7(6)9(10)11;1-10-6-4-2-3-5(8)7(6)9/h2-4H,8H2,1H3;2-4H,8-9H2,1H3.